The van der Waals surface area contributed by atoms with Crippen LogP contribution in [-0.2, 0) is 11.2 Å². The molecule has 1 aliphatic heterocycles. The molecule has 1 atom stereocenters. The smallest absolute Gasteiger partial charge is 0.263 e. The van der Waals surface area contributed by atoms with Crippen LogP contribution in [0.25, 0.3) is 10.9 Å². The molecule has 0 saturated carbocycles. The zero-order chi connectivity index (χ0) is 20.9. The second kappa shape index (κ2) is 9.59. The van der Waals surface area contributed by atoms with Gasteiger partial charge in [0.05, 0.1) is 18.8 Å². The number of benzene rings is 1. The molecule has 0 aliphatic carbocycles. The summed E-state index contributed by atoms with van der Waals surface area (Å²) in [5, 5.41) is 5.27. The van der Waals surface area contributed by atoms with Gasteiger partial charge in [0.2, 0.25) is 0 Å². The van der Waals surface area contributed by atoms with Crippen molar-refractivity contribution in [2.24, 2.45) is 0 Å². The number of fused-ring (bicyclic) bond motifs is 1. The van der Waals surface area contributed by atoms with Crippen molar-refractivity contribution in [1.29, 1.82) is 0 Å². The second-order valence-corrected chi connectivity index (χ2v) is 8.70. The zero-order valence-corrected chi connectivity index (χ0v) is 18.4. The Morgan fingerprint density at radius 1 is 1.30 bits per heavy atom. The highest BCUT2D eigenvalue weighted by atomic mass is 32.1. The second-order valence-electron chi connectivity index (χ2n) is 7.69. The quantitative estimate of drug-likeness (QED) is 0.578. The van der Waals surface area contributed by atoms with Gasteiger partial charge in [-0.1, -0.05) is 29.5 Å². The number of aromatic nitrogens is 2. The summed E-state index contributed by atoms with van der Waals surface area (Å²) in [5.74, 6) is -0.0857. The van der Waals surface area contributed by atoms with Crippen LogP contribution in [0.5, 0.6) is 0 Å². The number of piperazine rings is 1. The SMILES string of the molecule is CCOCC(Cc1c[nH]c2ccccc12)NC(=O)c1cnc(N2CCN(C)CC2)s1. The van der Waals surface area contributed by atoms with E-state index in [2.05, 4.69) is 44.3 Å². The van der Waals surface area contributed by atoms with Gasteiger partial charge in [0, 0.05) is 49.9 Å². The number of amides is 1. The molecule has 4 rings (SSSR count). The third kappa shape index (κ3) is 4.83. The minimum atomic E-state index is -0.106. The van der Waals surface area contributed by atoms with E-state index in [1.54, 1.807) is 6.20 Å². The van der Waals surface area contributed by atoms with Crippen LogP contribution in [0.2, 0.25) is 0 Å². The summed E-state index contributed by atoms with van der Waals surface area (Å²) in [4.78, 5) is 25.9. The van der Waals surface area contributed by atoms with Gasteiger partial charge in [0.25, 0.3) is 5.91 Å². The van der Waals surface area contributed by atoms with Crippen LogP contribution in [-0.4, -0.2) is 73.3 Å². The predicted molar refractivity (Wildman–Crippen MR) is 122 cm³/mol. The van der Waals surface area contributed by atoms with Gasteiger partial charge in [-0.3, -0.25) is 4.79 Å². The van der Waals surface area contributed by atoms with Crippen LogP contribution < -0.4 is 10.2 Å². The Hall–Kier alpha value is -2.42. The van der Waals surface area contributed by atoms with E-state index in [9.17, 15) is 4.79 Å². The Morgan fingerprint density at radius 2 is 2.10 bits per heavy atom. The lowest BCUT2D eigenvalue weighted by molar-refractivity contribution is 0.0861. The molecule has 2 aromatic heterocycles. The number of likely N-dealkylation sites (N-methyl/N-ethyl adjacent to an activating group) is 1. The number of thiazole rings is 1. The Kier molecular flexibility index (Phi) is 6.66. The van der Waals surface area contributed by atoms with Gasteiger partial charge in [-0.15, -0.1) is 0 Å². The van der Waals surface area contributed by atoms with Gasteiger partial charge in [0.15, 0.2) is 5.13 Å². The molecule has 1 saturated heterocycles. The molecule has 1 aromatic carbocycles. The lowest BCUT2D eigenvalue weighted by Crippen LogP contribution is -2.44. The van der Waals surface area contributed by atoms with Crippen LogP contribution in [0, 0.1) is 0 Å². The molecule has 1 aliphatic rings. The van der Waals surface area contributed by atoms with Crippen molar-refractivity contribution in [2.45, 2.75) is 19.4 Å². The van der Waals surface area contributed by atoms with Crippen molar-refractivity contribution in [1.82, 2.24) is 20.2 Å². The number of carbonyl (C=O) groups excluding carboxylic acids is 1. The number of para-hydroxylation sites is 1. The van der Waals surface area contributed by atoms with Gasteiger partial charge in [0.1, 0.15) is 4.88 Å². The molecule has 0 spiro atoms. The Balaban J connectivity index is 1.43. The molecule has 2 N–H and O–H groups in total. The monoisotopic (exact) mass is 427 g/mol. The summed E-state index contributed by atoms with van der Waals surface area (Å²) in [5.41, 5.74) is 2.28. The first kappa shape index (κ1) is 20.8. The fraction of sp³-hybridized carbons (Fsp3) is 0.455. The van der Waals surface area contributed by atoms with Gasteiger partial charge in [-0.05, 0) is 32.0 Å². The highest BCUT2D eigenvalue weighted by Gasteiger charge is 2.21. The minimum Gasteiger partial charge on any atom is -0.380 e. The van der Waals surface area contributed by atoms with Crippen molar-refractivity contribution in [3.8, 4) is 0 Å². The van der Waals surface area contributed by atoms with E-state index in [0.29, 0.717) is 24.5 Å². The van der Waals surface area contributed by atoms with Gasteiger partial charge in [-0.25, -0.2) is 4.98 Å². The van der Waals surface area contributed by atoms with Crippen molar-refractivity contribution in [2.75, 3.05) is 51.3 Å². The number of ether oxygens (including phenoxy) is 1. The molecule has 1 fully saturated rings. The molecule has 8 heteroatoms. The molecule has 0 bridgehead atoms. The van der Waals surface area contributed by atoms with Crippen LogP contribution in [0.15, 0.2) is 36.7 Å². The number of nitrogens with one attached hydrogen (secondary N) is 2. The van der Waals surface area contributed by atoms with Crippen LogP contribution in [0.1, 0.15) is 22.2 Å². The maximum Gasteiger partial charge on any atom is 0.263 e. The minimum absolute atomic E-state index is 0.0857. The van der Waals surface area contributed by atoms with Crippen molar-refractivity contribution < 1.29 is 9.53 Å². The molecule has 7 nitrogen and oxygen atoms in total. The van der Waals surface area contributed by atoms with Gasteiger partial charge < -0.3 is 24.8 Å². The van der Waals surface area contributed by atoms with Crippen molar-refractivity contribution in [3.63, 3.8) is 0 Å². The fourth-order valence-electron chi connectivity index (χ4n) is 3.75. The van der Waals surface area contributed by atoms with Crippen molar-refractivity contribution >= 4 is 33.3 Å². The van der Waals surface area contributed by atoms with E-state index >= 15 is 0 Å². The van der Waals surface area contributed by atoms with Crippen LogP contribution in [0.3, 0.4) is 0 Å². The lowest BCUT2D eigenvalue weighted by atomic mass is 10.1. The lowest BCUT2D eigenvalue weighted by Gasteiger charge is -2.32. The Labute approximate surface area is 181 Å². The normalized spacial score (nSPS) is 16.1. The first-order valence-corrected chi connectivity index (χ1v) is 11.3. The molecule has 1 amide bonds. The maximum absolute atomic E-state index is 12.9. The topological polar surface area (TPSA) is 73.5 Å². The Bertz CT molecular complexity index is 977. The standard InChI is InChI=1S/C22H29N5O2S/c1-3-29-15-17(12-16-13-23-19-7-5-4-6-18(16)19)25-21(28)20-14-24-22(30-20)27-10-8-26(2)9-11-27/h4-7,13-14,17,23H,3,8-12,15H2,1-2H3,(H,25,28). The number of nitrogens with zero attached hydrogens (tertiary/aromatic N) is 3. The molecule has 160 valence electrons. The molecule has 3 heterocycles. The van der Waals surface area contributed by atoms with E-state index in [4.69, 9.17) is 4.74 Å². The molecule has 3 aromatic rings. The van der Waals surface area contributed by atoms with Crippen LogP contribution >= 0.6 is 11.3 Å². The van der Waals surface area contributed by atoms with Gasteiger partial charge >= 0.3 is 0 Å². The van der Waals surface area contributed by atoms with Crippen molar-refractivity contribution in [3.05, 3.63) is 47.1 Å². The number of carbonyl (C=O) groups is 1. The van der Waals surface area contributed by atoms with E-state index < -0.39 is 0 Å². The number of H-pyrrole nitrogens is 1. The fourth-order valence-corrected chi connectivity index (χ4v) is 4.62. The third-order valence-corrected chi connectivity index (χ3v) is 6.55. The summed E-state index contributed by atoms with van der Waals surface area (Å²) in [6.45, 7) is 6.98. The third-order valence-electron chi connectivity index (χ3n) is 5.49. The summed E-state index contributed by atoms with van der Waals surface area (Å²) in [6.07, 6.45) is 4.42. The summed E-state index contributed by atoms with van der Waals surface area (Å²) in [6, 6.07) is 8.11. The molecular weight excluding hydrogens is 398 g/mol. The number of hydrogen-bond donors (Lipinski definition) is 2. The number of anilines is 1. The molecule has 0 radical (unpaired) electrons. The Morgan fingerprint density at radius 3 is 2.90 bits per heavy atom. The average molecular weight is 428 g/mol. The zero-order valence-electron chi connectivity index (χ0n) is 17.6. The molecular formula is C22H29N5O2S. The average Bonchev–Trinajstić information content (AvgIpc) is 3.40. The highest BCUT2D eigenvalue weighted by molar-refractivity contribution is 7.17. The number of aromatic amines is 1. The predicted octanol–water partition coefficient (Wildman–Crippen LogP) is 2.75. The summed E-state index contributed by atoms with van der Waals surface area (Å²) < 4.78 is 5.65. The maximum atomic E-state index is 12.9. The largest absolute Gasteiger partial charge is 0.380 e. The summed E-state index contributed by atoms with van der Waals surface area (Å²) in [7, 11) is 2.13. The first-order valence-electron chi connectivity index (χ1n) is 10.5. The molecule has 30 heavy (non-hydrogen) atoms. The van der Waals surface area contributed by atoms with E-state index in [-0.39, 0.29) is 11.9 Å². The highest BCUT2D eigenvalue weighted by Crippen LogP contribution is 2.24. The number of rotatable bonds is 8. The van der Waals surface area contributed by atoms with Gasteiger partial charge in [-0.2, -0.15) is 0 Å². The molecule has 1 unspecified atom stereocenters. The van der Waals surface area contributed by atoms with E-state index in [0.717, 1.165) is 36.8 Å². The van der Waals surface area contributed by atoms with E-state index in [1.165, 1.54) is 22.3 Å². The summed E-state index contributed by atoms with van der Waals surface area (Å²) >= 11 is 1.46. The number of hydrogen-bond acceptors (Lipinski definition) is 6. The first-order chi connectivity index (χ1) is 14.6. The van der Waals surface area contributed by atoms with E-state index in [1.807, 2.05) is 25.3 Å². The van der Waals surface area contributed by atoms with Crippen LogP contribution in [0.4, 0.5) is 5.13 Å².